The maximum Gasteiger partial charge on any atom is 0.0327 e. The predicted octanol–water partition coefficient (Wildman–Crippen LogP) is 4.50. The Hall–Kier alpha value is -0.380. The molecule has 1 heterocycles. The smallest absolute Gasteiger partial charge is 0.0327 e. The van der Waals surface area contributed by atoms with Gasteiger partial charge < -0.3 is 5.32 Å². The zero-order valence-corrected chi connectivity index (χ0v) is 15.0. The van der Waals surface area contributed by atoms with E-state index in [0.717, 1.165) is 37.5 Å². The highest BCUT2D eigenvalue weighted by molar-refractivity contribution is 7.11. The predicted molar refractivity (Wildman–Crippen MR) is 93.8 cm³/mol. The van der Waals surface area contributed by atoms with Crippen LogP contribution in [0.3, 0.4) is 0 Å². The van der Waals surface area contributed by atoms with Crippen LogP contribution < -0.4 is 5.32 Å². The second kappa shape index (κ2) is 8.30. The fourth-order valence-corrected chi connectivity index (χ4v) is 4.20. The molecular formula is C18H32N2S. The molecule has 0 bridgehead atoms. The Morgan fingerprint density at radius 3 is 2.52 bits per heavy atom. The van der Waals surface area contributed by atoms with Crippen LogP contribution >= 0.6 is 11.3 Å². The maximum absolute atomic E-state index is 3.53. The average Bonchev–Trinajstić information content (AvgIpc) is 2.86. The highest BCUT2D eigenvalue weighted by Gasteiger charge is 2.21. The van der Waals surface area contributed by atoms with E-state index < -0.39 is 0 Å². The second-order valence-electron chi connectivity index (χ2n) is 7.22. The van der Waals surface area contributed by atoms with Gasteiger partial charge in [-0.25, -0.2) is 0 Å². The minimum absolute atomic E-state index is 0.726. The van der Waals surface area contributed by atoms with Gasteiger partial charge in [0.05, 0.1) is 0 Å². The monoisotopic (exact) mass is 308 g/mol. The molecule has 0 unspecified atom stereocenters. The summed E-state index contributed by atoms with van der Waals surface area (Å²) in [7, 11) is 2.30. The van der Waals surface area contributed by atoms with Gasteiger partial charge in [0.15, 0.2) is 0 Å². The quantitative estimate of drug-likeness (QED) is 0.797. The van der Waals surface area contributed by atoms with E-state index in [2.05, 4.69) is 50.2 Å². The first-order valence-electron chi connectivity index (χ1n) is 8.53. The summed E-state index contributed by atoms with van der Waals surface area (Å²) in [6, 6.07) is 5.41. The van der Waals surface area contributed by atoms with Crippen LogP contribution in [0, 0.1) is 11.8 Å². The average molecular weight is 309 g/mol. The van der Waals surface area contributed by atoms with Crippen molar-refractivity contribution in [3.8, 4) is 0 Å². The normalized spacial score (nSPS) is 23.1. The number of thiophene rings is 1. The van der Waals surface area contributed by atoms with Gasteiger partial charge in [-0.1, -0.05) is 20.8 Å². The molecule has 2 nitrogen and oxygen atoms in total. The summed E-state index contributed by atoms with van der Waals surface area (Å²) in [4.78, 5) is 5.55. The highest BCUT2D eigenvalue weighted by Crippen LogP contribution is 2.28. The molecule has 1 fully saturated rings. The van der Waals surface area contributed by atoms with E-state index >= 15 is 0 Å². The van der Waals surface area contributed by atoms with E-state index in [-0.39, 0.29) is 0 Å². The summed E-state index contributed by atoms with van der Waals surface area (Å²) >= 11 is 1.97. The van der Waals surface area contributed by atoms with Crippen molar-refractivity contribution in [1.82, 2.24) is 10.2 Å². The molecule has 1 N–H and O–H groups in total. The maximum atomic E-state index is 3.53. The number of nitrogens with zero attached hydrogens (tertiary/aromatic N) is 1. The van der Waals surface area contributed by atoms with Crippen molar-refractivity contribution < 1.29 is 0 Å². The minimum Gasteiger partial charge on any atom is -0.312 e. The van der Waals surface area contributed by atoms with Crippen LogP contribution in [0.5, 0.6) is 0 Å². The number of hydrogen-bond acceptors (Lipinski definition) is 3. The highest BCUT2D eigenvalue weighted by atomic mass is 32.1. The lowest BCUT2D eigenvalue weighted by atomic mass is 9.87. The van der Waals surface area contributed by atoms with Crippen LogP contribution in [0.1, 0.15) is 56.2 Å². The number of hydrogen-bond donors (Lipinski definition) is 1. The van der Waals surface area contributed by atoms with Crippen molar-refractivity contribution in [3.05, 3.63) is 21.9 Å². The zero-order chi connectivity index (χ0) is 15.2. The standard InChI is InChI=1S/C18H32N2S/c1-14(2)11-19-12-17-9-10-18(21-17)13-20(4)16-7-5-15(3)6-8-16/h9-10,14-16,19H,5-8,11-13H2,1-4H3. The number of nitrogens with one attached hydrogen (secondary N) is 1. The minimum atomic E-state index is 0.726. The van der Waals surface area contributed by atoms with Crippen molar-refractivity contribution in [2.24, 2.45) is 11.8 Å². The van der Waals surface area contributed by atoms with E-state index in [1.807, 2.05) is 11.3 Å². The molecule has 2 rings (SSSR count). The van der Waals surface area contributed by atoms with Crippen LogP contribution in [0.25, 0.3) is 0 Å². The third-order valence-corrected chi connectivity index (χ3v) is 5.65. The fourth-order valence-electron chi connectivity index (χ4n) is 3.14. The van der Waals surface area contributed by atoms with E-state index in [4.69, 9.17) is 0 Å². The van der Waals surface area contributed by atoms with Crippen molar-refractivity contribution in [2.45, 2.75) is 65.6 Å². The summed E-state index contributed by atoms with van der Waals surface area (Å²) in [5.41, 5.74) is 0. The third kappa shape index (κ3) is 5.72. The molecule has 0 aromatic carbocycles. The molecule has 1 saturated carbocycles. The summed E-state index contributed by atoms with van der Waals surface area (Å²) < 4.78 is 0. The Labute approximate surface area is 134 Å². The van der Waals surface area contributed by atoms with E-state index in [1.165, 1.54) is 35.4 Å². The molecule has 0 aliphatic heterocycles. The van der Waals surface area contributed by atoms with Gasteiger partial charge in [0.2, 0.25) is 0 Å². The molecule has 0 radical (unpaired) electrons. The molecule has 0 amide bonds. The van der Waals surface area contributed by atoms with Crippen molar-refractivity contribution in [1.29, 1.82) is 0 Å². The summed E-state index contributed by atoms with van der Waals surface area (Å²) in [5, 5.41) is 3.53. The lowest BCUT2D eigenvalue weighted by molar-refractivity contribution is 0.165. The summed E-state index contributed by atoms with van der Waals surface area (Å²) in [6.45, 7) is 10.2. The Morgan fingerprint density at radius 1 is 1.19 bits per heavy atom. The van der Waals surface area contributed by atoms with Gasteiger partial charge in [0.25, 0.3) is 0 Å². The third-order valence-electron chi connectivity index (χ3n) is 4.58. The van der Waals surface area contributed by atoms with Gasteiger partial charge in [-0.05, 0) is 63.2 Å². The molecule has 1 aromatic rings. The van der Waals surface area contributed by atoms with E-state index in [9.17, 15) is 0 Å². The molecule has 1 aromatic heterocycles. The van der Waals surface area contributed by atoms with Crippen LogP contribution in [-0.2, 0) is 13.1 Å². The SMILES string of the molecule is CC(C)CNCc1ccc(CN(C)C2CCC(C)CC2)s1. The topological polar surface area (TPSA) is 15.3 Å². The van der Waals surface area contributed by atoms with Gasteiger partial charge in [-0.3, -0.25) is 4.90 Å². The van der Waals surface area contributed by atoms with Crippen LogP contribution in [0.4, 0.5) is 0 Å². The fraction of sp³-hybridized carbons (Fsp3) is 0.778. The molecule has 21 heavy (non-hydrogen) atoms. The van der Waals surface area contributed by atoms with E-state index in [1.54, 1.807) is 0 Å². The summed E-state index contributed by atoms with van der Waals surface area (Å²) in [5.74, 6) is 1.67. The first-order valence-corrected chi connectivity index (χ1v) is 9.34. The molecule has 120 valence electrons. The van der Waals surface area contributed by atoms with Crippen molar-refractivity contribution in [2.75, 3.05) is 13.6 Å². The van der Waals surface area contributed by atoms with Gasteiger partial charge in [-0.15, -0.1) is 11.3 Å². The van der Waals surface area contributed by atoms with Crippen molar-refractivity contribution in [3.63, 3.8) is 0 Å². The van der Waals surface area contributed by atoms with Gasteiger partial charge in [-0.2, -0.15) is 0 Å². The number of rotatable bonds is 7. The van der Waals surface area contributed by atoms with Crippen molar-refractivity contribution >= 4 is 11.3 Å². The summed E-state index contributed by atoms with van der Waals surface area (Å²) in [6.07, 6.45) is 5.57. The van der Waals surface area contributed by atoms with Gasteiger partial charge in [0.1, 0.15) is 0 Å². The molecular weight excluding hydrogens is 276 g/mol. The largest absolute Gasteiger partial charge is 0.312 e. The lowest BCUT2D eigenvalue weighted by Gasteiger charge is -2.33. The van der Waals surface area contributed by atoms with Crippen LogP contribution in [0.2, 0.25) is 0 Å². The molecule has 0 atom stereocenters. The lowest BCUT2D eigenvalue weighted by Crippen LogP contribution is -2.34. The molecule has 3 heteroatoms. The van der Waals surface area contributed by atoms with Gasteiger partial charge in [0, 0.05) is 28.9 Å². The first-order chi connectivity index (χ1) is 10.0. The van der Waals surface area contributed by atoms with Gasteiger partial charge >= 0.3 is 0 Å². The van der Waals surface area contributed by atoms with Crippen LogP contribution in [0.15, 0.2) is 12.1 Å². The Kier molecular flexibility index (Phi) is 6.72. The first kappa shape index (κ1) is 17.0. The molecule has 1 aliphatic carbocycles. The van der Waals surface area contributed by atoms with Crippen LogP contribution in [-0.4, -0.2) is 24.5 Å². The Balaban J connectivity index is 1.76. The zero-order valence-electron chi connectivity index (χ0n) is 14.2. The Bertz CT molecular complexity index is 405. The molecule has 0 saturated heterocycles. The Morgan fingerprint density at radius 2 is 1.86 bits per heavy atom. The second-order valence-corrected chi connectivity index (χ2v) is 8.47. The molecule has 1 aliphatic rings. The molecule has 0 spiro atoms. The van der Waals surface area contributed by atoms with E-state index in [0.29, 0.717) is 0 Å².